The molecule has 1 atom stereocenters. The minimum absolute atomic E-state index is 0. The van der Waals surface area contributed by atoms with Crippen molar-refractivity contribution in [3.05, 3.63) is 54.1 Å². The molecule has 2 N–H and O–H groups in total. The number of nitrogens with one attached hydrogen (secondary N) is 2. The molecule has 0 fully saturated rings. The number of benzene rings is 2. The summed E-state index contributed by atoms with van der Waals surface area (Å²) >= 11 is 0. The van der Waals surface area contributed by atoms with Gasteiger partial charge >= 0.3 is 0 Å². The van der Waals surface area contributed by atoms with E-state index in [1.807, 2.05) is 62.4 Å². The van der Waals surface area contributed by atoms with Gasteiger partial charge < -0.3 is 25.0 Å². The van der Waals surface area contributed by atoms with Gasteiger partial charge in [-0.2, -0.15) is 0 Å². The number of aliphatic imine (C=N–C) groups is 1. The van der Waals surface area contributed by atoms with Crippen LogP contribution in [0.4, 0.5) is 5.69 Å². The van der Waals surface area contributed by atoms with Crippen LogP contribution in [0.2, 0.25) is 0 Å². The Balaban J connectivity index is 0.00000450. The van der Waals surface area contributed by atoms with E-state index in [2.05, 4.69) is 15.6 Å². The largest absolute Gasteiger partial charge is 0.493 e. The predicted octanol–water partition coefficient (Wildman–Crippen LogP) is 3.92. The first-order valence-electron chi connectivity index (χ1n) is 9.58. The van der Waals surface area contributed by atoms with Crippen LogP contribution in [-0.4, -0.2) is 51.1 Å². The Kier molecular flexibility index (Phi) is 11.0. The van der Waals surface area contributed by atoms with Crippen LogP contribution in [0.1, 0.15) is 25.5 Å². The van der Waals surface area contributed by atoms with Gasteiger partial charge in [0.05, 0.1) is 19.8 Å². The minimum atomic E-state index is -0.0808. The number of carbonyl (C=O) groups excluding carboxylic acids is 1. The van der Waals surface area contributed by atoms with Crippen LogP contribution in [0.3, 0.4) is 0 Å². The third kappa shape index (κ3) is 7.74. The van der Waals surface area contributed by atoms with E-state index in [-0.39, 0.29) is 42.5 Å². The molecule has 2 rings (SSSR count). The Morgan fingerprint density at radius 1 is 1.13 bits per heavy atom. The molecule has 2 aromatic carbocycles. The lowest BCUT2D eigenvalue weighted by Gasteiger charge is -2.20. The zero-order chi connectivity index (χ0) is 21.2. The molecular formula is C22H31IN4O3. The number of guanidine groups is 1. The summed E-state index contributed by atoms with van der Waals surface area (Å²) in [5.41, 5.74) is 1.89. The lowest BCUT2D eigenvalue weighted by molar-refractivity contribution is -0.127. The molecule has 0 radical (unpaired) electrons. The predicted molar refractivity (Wildman–Crippen MR) is 132 cm³/mol. The molecule has 1 amide bonds. The monoisotopic (exact) mass is 526 g/mol. The van der Waals surface area contributed by atoms with Crippen LogP contribution in [0, 0.1) is 0 Å². The molecule has 0 spiro atoms. The summed E-state index contributed by atoms with van der Waals surface area (Å²) in [4.78, 5) is 18.0. The second kappa shape index (κ2) is 12.9. The van der Waals surface area contributed by atoms with Crippen molar-refractivity contribution in [1.82, 2.24) is 10.2 Å². The molecule has 7 nitrogen and oxygen atoms in total. The van der Waals surface area contributed by atoms with Gasteiger partial charge in [-0.3, -0.25) is 4.79 Å². The summed E-state index contributed by atoms with van der Waals surface area (Å²) in [5, 5.41) is 6.60. The Hall–Kier alpha value is -2.49. The highest BCUT2D eigenvalue weighted by Gasteiger charge is 2.12. The Morgan fingerprint density at radius 3 is 2.43 bits per heavy atom. The van der Waals surface area contributed by atoms with Crippen LogP contribution in [-0.2, 0) is 4.79 Å². The molecule has 30 heavy (non-hydrogen) atoms. The lowest BCUT2D eigenvalue weighted by atomic mass is 10.1. The van der Waals surface area contributed by atoms with Crippen LogP contribution >= 0.6 is 24.0 Å². The van der Waals surface area contributed by atoms with Crippen LogP contribution < -0.4 is 20.1 Å². The van der Waals surface area contributed by atoms with Gasteiger partial charge in [0.2, 0.25) is 5.91 Å². The third-order valence-electron chi connectivity index (χ3n) is 4.25. The van der Waals surface area contributed by atoms with Crippen molar-refractivity contribution in [3.8, 4) is 11.5 Å². The van der Waals surface area contributed by atoms with Crippen molar-refractivity contribution in [2.75, 3.05) is 39.7 Å². The molecule has 0 aliphatic carbocycles. The number of nitrogens with zero attached hydrogens (tertiary/aromatic N) is 2. The number of hydrogen-bond acceptors (Lipinski definition) is 4. The van der Waals surface area contributed by atoms with E-state index in [1.54, 1.807) is 21.2 Å². The van der Waals surface area contributed by atoms with E-state index in [4.69, 9.17) is 9.47 Å². The maximum absolute atomic E-state index is 12.0. The summed E-state index contributed by atoms with van der Waals surface area (Å²) in [7, 11) is 5.02. The summed E-state index contributed by atoms with van der Waals surface area (Å²) < 4.78 is 11.0. The highest BCUT2D eigenvalue weighted by atomic mass is 127. The summed E-state index contributed by atoms with van der Waals surface area (Å²) in [6.45, 7) is 4.56. The Bertz CT molecular complexity index is 828. The van der Waals surface area contributed by atoms with Crippen molar-refractivity contribution in [1.29, 1.82) is 0 Å². The zero-order valence-electron chi connectivity index (χ0n) is 18.1. The van der Waals surface area contributed by atoms with E-state index in [9.17, 15) is 4.79 Å². The van der Waals surface area contributed by atoms with Crippen LogP contribution in [0.15, 0.2) is 53.5 Å². The molecule has 164 valence electrons. The van der Waals surface area contributed by atoms with Gasteiger partial charge in [0.25, 0.3) is 0 Å². The van der Waals surface area contributed by atoms with Crippen LogP contribution in [0.5, 0.6) is 11.5 Å². The van der Waals surface area contributed by atoms with E-state index >= 15 is 0 Å². The summed E-state index contributed by atoms with van der Waals surface area (Å²) in [6, 6.07) is 15.6. The first-order valence-corrected chi connectivity index (χ1v) is 9.58. The standard InChI is InChI=1S/C22H30N4O3.HI/c1-6-29-19-13-12-18(14-20(19)28-5)25-22(23-15-21(27)26(3)4)24-16(2)17-10-8-7-9-11-17;/h7-14,16H,6,15H2,1-5H3,(H2,23,24,25);1H. The molecule has 0 saturated carbocycles. The van der Waals surface area contributed by atoms with E-state index in [0.29, 0.717) is 24.1 Å². The smallest absolute Gasteiger partial charge is 0.243 e. The molecule has 0 aromatic heterocycles. The highest BCUT2D eigenvalue weighted by Crippen LogP contribution is 2.30. The number of amides is 1. The quantitative estimate of drug-likeness (QED) is 0.310. The van der Waals surface area contributed by atoms with Gasteiger partial charge in [-0.1, -0.05) is 30.3 Å². The van der Waals surface area contributed by atoms with E-state index in [0.717, 1.165) is 11.3 Å². The molecule has 0 aliphatic rings. The molecule has 0 bridgehead atoms. The fourth-order valence-corrected chi connectivity index (χ4v) is 2.60. The first kappa shape index (κ1) is 25.5. The number of ether oxygens (including phenoxy) is 2. The molecule has 2 aromatic rings. The zero-order valence-corrected chi connectivity index (χ0v) is 20.5. The van der Waals surface area contributed by atoms with E-state index in [1.165, 1.54) is 4.90 Å². The van der Waals surface area contributed by atoms with Crippen molar-refractivity contribution >= 4 is 41.5 Å². The molecule has 1 unspecified atom stereocenters. The van der Waals surface area contributed by atoms with Gasteiger partial charge in [0, 0.05) is 25.8 Å². The van der Waals surface area contributed by atoms with Gasteiger partial charge in [-0.25, -0.2) is 4.99 Å². The normalized spacial score (nSPS) is 11.7. The first-order chi connectivity index (χ1) is 13.9. The number of hydrogen-bond donors (Lipinski definition) is 2. The Morgan fingerprint density at radius 2 is 1.83 bits per heavy atom. The van der Waals surface area contributed by atoms with Crippen molar-refractivity contribution in [2.24, 2.45) is 4.99 Å². The van der Waals surface area contributed by atoms with Gasteiger partial charge in [0.1, 0.15) is 6.54 Å². The summed E-state index contributed by atoms with van der Waals surface area (Å²) in [6.07, 6.45) is 0. The maximum atomic E-state index is 12.0. The van der Waals surface area contributed by atoms with Gasteiger partial charge in [-0.15, -0.1) is 24.0 Å². The molecular weight excluding hydrogens is 495 g/mol. The molecule has 8 heteroatoms. The fraction of sp³-hybridized carbons (Fsp3) is 0.364. The Labute approximate surface area is 195 Å². The summed E-state index contributed by atoms with van der Waals surface area (Å²) in [5.74, 6) is 1.72. The number of methoxy groups -OCH3 is 1. The lowest BCUT2D eigenvalue weighted by Crippen LogP contribution is -2.34. The third-order valence-corrected chi connectivity index (χ3v) is 4.25. The molecule has 0 aliphatic heterocycles. The average molecular weight is 526 g/mol. The topological polar surface area (TPSA) is 75.2 Å². The van der Waals surface area contributed by atoms with Crippen LogP contribution in [0.25, 0.3) is 0 Å². The molecule has 0 heterocycles. The number of halogens is 1. The average Bonchev–Trinajstić information content (AvgIpc) is 2.73. The second-order valence-electron chi connectivity index (χ2n) is 6.65. The second-order valence-corrected chi connectivity index (χ2v) is 6.65. The van der Waals surface area contributed by atoms with Crippen molar-refractivity contribution in [2.45, 2.75) is 19.9 Å². The number of carbonyl (C=O) groups is 1. The van der Waals surface area contributed by atoms with Crippen molar-refractivity contribution < 1.29 is 14.3 Å². The molecule has 0 saturated heterocycles. The SMILES string of the molecule is CCOc1ccc(NC(=NCC(=O)N(C)C)NC(C)c2ccccc2)cc1OC.I. The van der Waals surface area contributed by atoms with Crippen molar-refractivity contribution in [3.63, 3.8) is 0 Å². The minimum Gasteiger partial charge on any atom is -0.493 e. The van der Waals surface area contributed by atoms with Gasteiger partial charge in [0.15, 0.2) is 17.5 Å². The maximum Gasteiger partial charge on any atom is 0.243 e. The number of likely N-dealkylation sites (N-methyl/N-ethyl adjacent to an activating group) is 1. The van der Waals surface area contributed by atoms with E-state index < -0.39 is 0 Å². The number of anilines is 1. The number of rotatable bonds is 8. The fourth-order valence-electron chi connectivity index (χ4n) is 2.60. The highest BCUT2D eigenvalue weighted by molar-refractivity contribution is 14.0. The van der Waals surface area contributed by atoms with Gasteiger partial charge in [-0.05, 0) is 31.5 Å².